The predicted molar refractivity (Wildman–Crippen MR) is 181 cm³/mol. The first-order valence-corrected chi connectivity index (χ1v) is 18.7. The van der Waals surface area contributed by atoms with Gasteiger partial charge in [0.25, 0.3) is 0 Å². The molecule has 11 atom stereocenters. The molecule has 13 nitrogen and oxygen atoms in total. The largest absolute Gasteiger partial charge is 0.388 e. The average molecular weight is 688 g/mol. The Labute approximate surface area is 288 Å². The summed E-state index contributed by atoms with van der Waals surface area (Å²) in [4.78, 5) is 3.13. The van der Waals surface area contributed by atoms with E-state index in [9.17, 15) is 10.6 Å². The summed E-state index contributed by atoms with van der Waals surface area (Å²) in [6, 6.07) is -0.989. The van der Waals surface area contributed by atoms with E-state index in [1.807, 2.05) is 13.8 Å². The first kappa shape index (κ1) is 41.3. The lowest BCUT2D eigenvalue weighted by Crippen LogP contribution is -2.68. The Bertz CT molecular complexity index is 925. The fourth-order valence-corrected chi connectivity index (χ4v) is 6.38. The van der Waals surface area contributed by atoms with Gasteiger partial charge < -0.3 is 47.7 Å². The maximum absolute atomic E-state index is 11.4. The van der Waals surface area contributed by atoms with Crippen LogP contribution in [0.1, 0.15) is 113 Å². The quantitative estimate of drug-likeness (QED) is 0.0535. The number of ether oxygens (including phenoxy) is 9. The lowest BCUT2D eigenvalue weighted by atomic mass is 9.84. The molecule has 0 aromatic heterocycles. The van der Waals surface area contributed by atoms with Crippen molar-refractivity contribution in [2.45, 2.75) is 186 Å². The molecule has 48 heavy (non-hydrogen) atoms. The number of hydrogen-bond acceptors (Lipinski definition) is 11. The Morgan fingerprint density at radius 2 is 1.12 bits per heavy atom. The van der Waals surface area contributed by atoms with Gasteiger partial charge in [0, 0.05) is 37.9 Å². The predicted octanol–water partition coefficient (Wildman–Crippen LogP) is 6.23. The van der Waals surface area contributed by atoms with Gasteiger partial charge >= 0.3 is 0 Å². The molecule has 3 aliphatic rings. The van der Waals surface area contributed by atoms with Crippen molar-refractivity contribution >= 4 is 0 Å². The molecule has 0 aromatic rings. The molecule has 0 spiro atoms. The first-order chi connectivity index (χ1) is 23.3. The van der Waals surface area contributed by atoms with Crippen molar-refractivity contribution < 1.29 is 47.7 Å². The highest BCUT2D eigenvalue weighted by atomic mass is 16.8. The SMILES string of the molecule is CCCCOCC1OC(OC2C(OCCCC)C(OCCCC)C(OCCCC)C3OC(C)(C)OC23)C(N=[N+]=[N-])C(OCCCC)C1O. The molecule has 1 N–H and O–H groups in total. The van der Waals surface area contributed by atoms with Crippen LogP contribution in [0.5, 0.6) is 0 Å². The van der Waals surface area contributed by atoms with Gasteiger partial charge in [0.1, 0.15) is 54.9 Å². The van der Waals surface area contributed by atoms with Gasteiger partial charge in [-0.15, -0.1) is 0 Å². The number of rotatable bonds is 24. The molecule has 2 aliphatic heterocycles. The van der Waals surface area contributed by atoms with Gasteiger partial charge in [0.15, 0.2) is 12.1 Å². The summed E-state index contributed by atoms with van der Waals surface area (Å²) in [7, 11) is 0. The smallest absolute Gasteiger partial charge is 0.169 e. The number of hydrogen-bond donors (Lipinski definition) is 1. The van der Waals surface area contributed by atoms with Crippen LogP contribution in [0, 0.1) is 0 Å². The summed E-state index contributed by atoms with van der Waals surface area (Å²) in [5.74, 6) is -0.926. The highest BCUT2D eigenvalue weighted by molar-refractivity contribution is 5.07. The summed E-state index contributed by atoms with van der Waals surface area (Å²) < 4.78 is 58.3. The van der Waals surface area contributed by atoms with E-state index in [1.165, 1.54) is 0 Å². The standard InChI is InChI=1S/C35H65N3O10/c1-8-13-18-40-23-24-26(39)27(41-19-14-9-2)25(37-38-36)34(45-24)46-31-29(43-21-16-11-4)28(42-20-15-10-3)30(44-22-17-12-5)32-33(31)48-35(6,7)47-32/h24-34,39H,8-23H2,1-7H3. The molecule has 13 heteroatoms. The number of aliphatic hydroxyl groups excluding tert-OH is 1. The van der Waals surface area contributed by atoms with Crippen LogP contribution in [0.15, 0.2) is 5.11 Å². The summed E-state index contributed by atoms with van der Waals surface area (Å²) in [5.41, 5.74) is 9.68. The molecule has 3 fully saturated rings. The second-order valence-electron chi connectivity index (χ2n) is 13.6. The first-order valence-electron chi connectivity index (χ1n) is 18.7. The van der Waals surface area contributed by atoms with Crippen molar-refractivity contribution in [2.75, 3.05) is 39.6 Å². The molecule has 280 valence electrons. The zero-order valence-electron chi connectivity index (χ0n) is 30.6. The Morgan fingerprint density at radius 3 is 1.65 bits per heavy atom. The van der Waals surface area contributed by atoms with Crippen LogP contribution in [-0.4, -0.2) is 118 Å². The molecule has 0 aromatic carbocycles. The van der Waals surface area contributed by atoms with Gasteiger partial charge in [0.2, 0.25) is 0 Å². The lowest BCUT2D eigenvalue weighted by molar-refractivity contribution is -0.321. The summed E-state index contributed by atoms with van der Waals surface area (Å²) in [6.07, 6.45) is 1.79. The van der Waals surface area contributed by atoms with Crippen molar-refractivity contribution in [1.82, 2.24) is 0 Å². The second-order valence-corrected chi connectivity index (χ2v) is 13.6. The number of azide groups is 1. The topological polar surface area (TPSA) is 152 Å². The summed E-state index contributed by atoms with van der Waals surface area (Å²) >= 11 is 0. The van der Waals surface area contributed by atoms with E-state index in [-0.39, 0.29) is 6.61 Å². The molecule has 2 heterocycles. The van der Waals surface area contributed by atoms with Gasteiger partial charge in [-0.3, -0.25) is 0 Å². The molecule has 0 amide bonds. The monoisotopic (exact) mass is 687 g/mol. The van der Waals surface area contributed by atoms with Crippen molar-refractivity contribution in [2.24, 2.45) is 5.11 Å². The molecule has 1 aliphatic carbocycles. The van der Waals surface area contributed by atoms with E-state index in [0.717, 1.165) is 64.2 Å². The molecular formula is C35H65N3O10. The molecule has 2 saturated heterocycles. The Morgan fingerprint density at radius 1 is 0.667 bits per heavy atom. The van der Waals surface area contributed by atoms with E-state index in [0.29, 0.717) is 33.0 Å². The average Bonchev–Trinajstić information content (AvgIpc) is 3.39. The van der Waals surface area contributed by atoms with Gasteiger partial charge in [-0.2, -0.15) is 0 Å². The zero-order chi connectivity index (χ0) is 34.9. The number of nitrogens with zero attached hydrogens (tertiary/aromatic N) is 3. The lowest BCUT2D eigenvalue weighted by Gasteiger charge is -2.49. The Hall–Kier alpha value is -1.09. The third-order valence-corrected chi connectivity index (χ3v) is 9.06. The van der Waals surface area contributed by atoms with Crippen LogP contribution in [-0.2, 0) is 42.6 Å². The maximum Gasteiger partial charge on any atom is 0.169 e. The Balaban J connectivity index is 2.03. The van der Waals surface area contributed by atoms with E-state index >= 15 is 0 Å². The molecule has 1 saturated carbocycles. The van der Waals surface area contributed by atoms with Crippen LogP contribution in [0.3, 0.4) is 0 Å². The molecule has 11 unspecified atom stereocenters. The fourth-order valence-electron chi connectivity index (χ4n) is 6.38. The van der Waals surface area contributed by atoms with E-state index in [4.69, 9.17) is 42.6 Å². The molecule has 0 radical (unpaired) electrons. The maximum atomic E-state index is 11.4. The third-order valence-electron chi connectivity index (χ3n) is 9.06. The minimum Gasteiger partial charge on any atom is -0.388 e. The van der Waals surface area contributed by atoms with Gasteiger partial charge in [0.05, 0.1) is 12.7 Å². The van der Waals surface area contributed by atoms with Crippen LogP contribution in [0.2, 0.25) is 0 Å². The van der Waals surface area contributed by atoms with Crippen LogP contribution >= 0.6 is 0 Å². The third kappa shape index (κ3) is 11.7. The van der Waals surface area contributed by atoms with Gasteiger partial charge in [-0.05, 0) is 51.5 Å². The minimum absolute atomic E-state index is 0.132. The number of aliphatic hydroxyl groups is 1. The van der Waals surface area contributed by atoms with E-state index in [2.05, 4.69) is 44.6 Å². The highest BCUT2D eigenvalue weighted by Crippen LogP contribution is 2.43. The van der Waals surface area contributed by atoms with Crippen LogP contribution < -0.4 is 0 Å². The second kappa shape index (κ2) is 22.0. The highest BCUT2D eigenvalue weighted by Gasteiger charge is 2.61. The van der Waals surface area contributed by atoms with Crippen molar-refractivity contribution in [3.05, 3.63) is 10.4 Å². The van der Waals surface area contributed by atoms with E-state index < -0.39 is 73.1 Å². The van der Waals surface area contributed by atoms with Gasteiger partial charge in [-0.1, -0.05) is 71.8 Å². The molecule has 3 rings (SSSR count). The summed E-state index contributed by atoms with van der Waals surface area (Å²) in [5, 5.41) is 15.5. The molecular weight excluding hydrogens is 622 g/mol. The van der Waals surface area contributed by atoms with Gasteiger partial charge in [-0.25, -0.2) is 0 Å². The van der Waals surface area contributed by atoms with Crippen molar-refractivity contribution in [1.29, 1.82) is 0 Å². The zero-order valence-corrected chi connectivity index (χ0v) is 30.6. The normalized spacial score (nSPS) is 34.5. The minimum atomic E-state index is -1.10. The van der Waals surface area contributed by atoms with Crippen molar-refractivity contribution in [3.8, 4) is 0 Å². The Kier molecular flexibility index (Phi) is 18.9. The van der Waals surface area contributed by atoms with Crippen LogP contribution in [0.25, 0.3) is 10.4 Å². The number of fused-ring (bicyclic) bond motifs is 1. The van der Waals surface area contributed by atoms with Crippen LogP contribution in [0.4, 0.5) is 0 Å². The molecule has 0 bridgehead atoms. The van der Waals surface area contributed by atoms with E-state index in [1.54, 1.807) is 0 Å². The fraction of sp³-hybridized carbons (Fsp3) is 1.00. The number of unbranched alkanes of at least 4 members (excludes halogenated alkanes) is 5. The summed E-state index contributed by atoms with van der Waals surface area (Å²) in [6.45, 7) is 16.9. The van der Waals surface area contributed by atoms with Crippen molar-refractivity contribution in [3.63, 3.8) is 0 Å².